The van der Waals surface area contributed by atoms with Gasteiger partial charge in [-0.1, -0.05) is 0 Å². The number of anilines is 2. The summed E-state index contributed by atoms with van der Waals surface area (Å²) in [7, 11) is 1.64. The Labute approximate surface area is 146 Å². The highest BCUT2D eigenvalue weighted by Gasteiger charge is 2.34. The molecule has 0 saturated carbocycles. The van der Waals surface area contributed by atoms with E-state index in [1.165, 1.54) is 11.8 Å². The van der Waals surface area contributed by atoms with Crippen LogP contribution in [-0.4, -0.2) is 33.7 Å². The molecule has 2 aromatic rings. The van der Waals surface area contributed by atoms with Gasteiger partial charge in [-0.2, -0.15) is 18.3 Å². The zero-order valence-electron chi connectivity index (χ0n) is 14.0. The number of halogens is 3. The number of nitrogens with one attached hydrogen (secondary N) is 2. The van der Waals surface area contributed by atoms with Gasteiger partial charge in [0.05, 0.1) is 0 Å². The molecule has 0 spiro atoms. The Balaban J connectivity index is 1.70. The molecule has 26 heavy (non-hydrogen) atoms. The van der Waals surface area contributed by atoms with E-state index >= 15 is 0 Å². The van der Waals surface area contributed by atoms with E-state index in [1.807, 2.05) is 0 Å². The van der Waals surface area contributed by atoms with Crippen LogP contribution in [0.15, 0.2) is 24.3 Å². The minimum atomic E-state index is -4.55. The van der Waals surface area contributed by atoms with Crippen molar-refractivity contribution in [2.75, 3.05) is 17.7 Å². The number of benzene rings is 1. The van der Waals surface area contributed by atoms with Crippen LogP contribution in [0.5, 0.6) is 0 Å². The Morgan fingerprint density at radius 3 is 2.73 bits per heavy atom. The Morgan fingerprint density at radius 2 is 2.08 bits per heavy atom. The van der Waals surface area contributed by atoms with Gasteiger partial charge in [0.15, 0.2) is 5.69 Å². The lowest BCUT2D eigenvalue weighted by Crippen LogP contribution is -2.35. The van der Waals surface area contributed by atoms with Gasteiger partial charge in [-0.3, -0.25) is 9.48 Å². The lowest BCUT2D eigenvalue weighted by molar-refractivity contribution is -0.141. The number of alkyl halides is 3. The van der Waals surface area contributed by atoms with Crippen molar-refractivity contribution in [1.29, 1.82) is 0 Å². The van der Waals surface area contributed by atoms with E-state index in [0.717, 1.165) is 16.3 Å². The predicted octanol–water partition coefficient (Wildman–Crippen LogP) is 2.83. The number of aromatic nitrogens is 2. The monoisotopic (exact) mass is 367 g/mol. The molecule has 2 heterocycles. The molecule has 1 aliphatic heterocycles. The first-order valence-electron chi connectivity index (χ1n) is 7.70. The normalized spacial score (nSPS) is 14.0. The Morgan fingerprint density at radius 1 is 1.35 bits per heavy atom. The van der Waals surface area contributed by atoms with Crippen molar-refractivity contribution in [1.82, 2.24) is 14.7 Å². The van der Waals surface area contributed by atoms with Crippen molar-refractivity contribution in [3.8, 4) is 0 Å². The van der Waals surface area contributed by atoms with Gasteiger partial charge in [0, 0.05) is 30.7 Å². The molecule has 3 rings (SSSR count). The molecule has 1 aliphatic rings. The van der Waals surface area contributed by atoms with Gasteiger partial charge in [-0.25, -0.2) is 4.79 Å². The van der Waals surface area contributed by atoms with Crippen LogP contribution in [0, 0.1) is 6.92 Å². The number of hydrogen-bond donors (Lipinski definition) is 2. The lowest BCUT2D eigenvalue weighted by atomic mass is 10.1. The van der Waals surface area contributed by atoms with Crippen LogP contribution < -0.4 is 10.6 Å². The summed E-state index contributed by atoms with van der Waals surface area (Å²) in [6.45, 7) is 1.50. The molecule has 1 aromatic carbocycles. The average Bonchev–Trinajstić information content (AvgIpc) is 2.90. The molecule has 0 radical (unpaired) electrons. The third-order valence-electron chi connectivity index (χ3n) is 3.95. The van der Waals surface area contributed by atoms with Gasteiger partial charge < -0.3 is 15.5 Å². The maximum atomic E-state index is 12.7. The summed E-state index contributed by atoms with van der Waals surface area (Å²) in [6.07, 6.45) is -4.55. The van der Waals surface area contributed by atoms with Gasteiger partial charge in [0.2, 0.25) is 5.91 Å². The predicted molar refractivity (Wildman–Crippen MR) is 87.5 cm³/mol. The van der Waals surface area contributed by atoms with Crippen LogP contribution in [0.3, 0.4) is 0 Å². The highest BCUT2D eigenvalue weighted by molar-refractivity contribution is 5.94. The van der Waals surface area contributed by atoms with Crippen LogP contribution in [0.1, 0.15) is 17.0 Å². The van der Waals surface area contributed by atoms with Gasteiger partial charge in [-0.05, 0) is 36.8 Å². The SMILES string of the molecule is Cc1cc(C(F)(F)F)nn1CC(=O)Nc1ccc2c(c1)CN(C)C(=O)N2. The first-order chi connectivity index (χ1) is 12.1. The summed E-state index contributed by atoms with van der Waals surface area (Å²) in [5, 5.41) is 8.77. The Bertz CT molecular complexity index is 875. The number of hydrogen-bond acceptors (Lipinski definition) is 3. The van der Waals surface area contributed by atoms with Crippen LogP contribution in [0.2, 0.25) is 0 Å². The largest absolute Gasteiger partial charge is 0.435 e. The van der Waals surface area contributed by atoms with Crippen LogP contribution >= 0.6 is 0 Å². The van der Waals surface area contributed by atoms with Crippen molar-refractivity contribution in [3.05, 3.63) is 41.2 Å². The quantitative estimate of drug-likeness (QED) is 0.876. The first-order valence-corrected chi connectivity index (χ1v) is 7.70. The smallest absolute Gasteiger partial charge is 0.324 e. The number of carbonyl (C=O) groups is 2. The highest BCUT2D eigenvalue weighted by Crippen LogP contribution is 2.28. The summed E-state index contributed by atoms with van der Waals surface area (Å²) in [4.78, 5) is 25.2. The highest BCUT2D eigenvalue weighted by atomic mass is 19.4. The van der Waals surface area contributed by atoms with E-state index < -0.39 is 17.8 Å². The van der Waals surface area contributed by atoms with Gasteiger partial charge in [0.25, 0.3) is 0 Å². The summed E-state index contributed by atoms with van der Waals surface area (Å²) in [5.41, 5.74) is 1.17. The third-order valence-corrected chi connectivity index (χ3v) is 3.95. The standard InChI is InChI=1S/C16H16F3N5O2/c1-9-5-13(16(17,18)19)22-24(9)8-14(25)20-11-3-4-12-10(6-11)7-23(2)15(26)21-12/h3-6H,7-8H2,1-2H3,(H,20,25)(H,21,26). The molecule has 0 unspecified atom stereocenters. The number of amides is 3. The van der Waals surface area contributed by atoms with Crippen LogP contribution in [-0.2, 0) is 24.1 Å². The van der Waals surface area contributed by atoms with E-state index in [0.29, 0.717) is 17.9 Å². The fraction of sp³-hybridized carbons (Fsp3) is 0.312. The number of carbonyl (C=O) groups excluding carboxylic acids is 2. The van der Waals surface area contributed by atoms with Crippen molar-refractivity contribution < 1.29 is 22.8 Å². The molecule has 0 fully saturated rings. The third kappa shape index (κ3) is 3.63. The molecule has 2 N–H and O–H groups in total. The molecule has 10 heteroatoms. The topological polar surface area (TPSA) is 79.3 Å². The van der Waals surface area contributed by atoms with Crippen molar-refractivity contribution in [2.45, 2.75) is 26.2 Å². The van der Waals surface area contributed by atoms with Crippen molar-refractivity contribution in [3.63, 3.8) is 0 Å². The van der Waals surface area contributed by atoms with E-state index in [2.05, 4.69) is 15.7 Å². The molecule has 0 bridgehead atoms. The van der Waals surface area contributed by atoms with Gasteiger partial charge >= 0.3 is 12.2 Å². The fourth-order valence-corrected chi connectivity index (χ4v) is 2.61. The second-order valence-corrected chi connectivity index (χ2v) is 6.03. The Kier molecular flexibility index (Phi) is 4.34. The number of nitrogens with zero attached hydrogens (tertiary/aromatic N) is 3. The number of fused-ring (bicyclic) bond motifs is 1. The van der Waals surface area contributed by atoms with Crippen molar-refractivity contribution in [2.24, 2.45) is 0 Å². The van der Waals surface area contributed by atoms with Gasteiger partial charge in [-0.15, -0.1) is 0 Å². The minimum Gasteiger partial charge on any atom is -0.324 e. The average molecular weight is 367 g/mol. The van der Waals surface area contributed by atoms with E-state index in [9.17, 15) is 22.8 Å². The molecule has 0 atom stereocenters. The minimum absolute atomic E-state index is 0.219. The number of urea groups is 1. The molecule has 7 nitrogen and oxygen atoms in total. The molecular weight excluding hydrogens is 351 g/mol. The molecular formula is C16H16F3N5O2. The summed E-state index contributed by atoms with van der Waals surface area (Å²) in [5.74, 6) is -0.502. The number of aryl methyl sites for hydroxylation is 1. The van der Waals surface area contributed by atoms with Gasteiger partial charge in [0.1, 0.15) is 6.54 Å². The molecule has 0 aliphatic carbocycles. The fourth-order valence-electron chi connectivity index (χ4n) is 2.61. The summed E-state index contributed by atoms with van der Waals surface area (Å²) < 4.78 is 39.0. The first kappa shape index (κ1) is 17.8. The zero-order valence-corrected chi connectivity index (χ0v) is 14.0. The van der Waals surface area contributed by atoms with Crippen LogP contribution in [0.4, 0.5) is 29.3 Å². The molecule has 138 valence electrons. The number of rotatable bonds is 3. The molecule has 1 aromatic heterocycles. The molecule has 3 amide bonds. The summed E-state index contributed by atoms with van der Waals surface area (Å²) >= 11 is 0. The maximum absolute atomic E-state index is 12.7. The molecule has 0 saturated heterocycles. The maximum Gasteiger partial charge on any atom is 0.435 e. The van der Waals surface area contributed by atoms with E-state index in [1.54, 1.807) is 25.2 Å². The zero-order chi connectivity index (χ0) is 19.1. The van der Waals surface area contributed by atoms with E-state index in [-0.39, 0.29) is 18.3 Å². The van der Waals surface area contributed by atoms with Crippen molar-refractivity contribution >= 4 is 23.3 Å². The van der Waals surface area contributed by atoms with Crippen LogP contribution in [0.25, 0.3) is 0 Å². The van der Waals surface area contributed by atoms with E-state index in [4.69, 9.17) is 0 Å². The lowest BCUT2D eigenvalue weighted by Gasteiger charge is -2.26. The second-order valence-electron chi connectivity index (χ2n) is 6.03. The second kappa shape index (κ2) is 6.36. The Hall–Kier alpha value is -3.04. The summed E-state index contributed by atoms with van der Waals surface area (Å²) in [6, 6.07) is 5.66.